The quantitative estimate of drug-likeness (QED) is 0.761. The van der Waals surface area contributed by atoms with Crippen LogP contribution in [0.15, 0.2) is 22.8 Å². The van der Waals surface area contributed by atoms with Crippen molar-refractivity contribution in [2.45, 2.75) is 5.03 Å². The first-order valence-electron chi connectivity index (χ1n) is 3.60. The largest absolute Gasteiger partial charge is 0.331 e. The lowest BCUT2D eigenvalue weighted by atomic mass is 11.0. The van der Waals surface area contributed by atoms with E-state index in [-0.39, 0.29) is 5.24 Å². The fourth-order valence-electron chi connectivity index (χ4n) is 0.751. The lowest BCUT2D eigenvalue weighted by Crippen LogP contribution is -2.05. The van der Waals surface area contributed by atoms with Gasteiger partial charge in [-0.15, -0.1) is 5.10 Å². The van der Waals surface area contributed by atoms with E-state index in [9.17, 15) is 4.79 Å². The molecule has 0 unspecified atom stereocenters. The van der Waals surface area contributed by atoms with Crippen LogP contribution in [0.3, 0.4) is 0 Å². The Balaban J connectivity index is 1.91. The summed E-state index contributed by atoms with van der Waals surface area (Å²) in [5.41, 5.74) is 0. The smallest absolute Gasteiger partial charge is 0.292 e. The Kier molecular flexibility index (Phi) is 2.75. The molecule has 6 nitrogen and oxygen atoms in total. The Morgan fingerprint density at radius 2 is 2.57 bits per heavy atom. The number of H-pyrrole nitrogens is 1. The Hall–Kier alpha value is -1.41. The lowest BCUT2D eigenvalue weighted by Gasteiger charge is -1.97. The number of carbonyl (C=O) groups excluding carboxylic acids is 1. The molecule has 0 aliphatic heterocycles. The molecule has 0 saturated carbocycles. The van der Waals surface area contributed by atoms with E-state index in [0.717, 1.165) is 11.8 Å². The van der Waals surface area contributed by atoms with Gasteiger partial charge in [0.25, 0.3) is 5.24 Å². The summed E-state index contributed by atoms with van der Waals surface area (Å²) in [7, 11) is 0. The number of rotatable bonds is 2. The van der Waals surface area contributed by atoms with Crippen molar-refractivity contribution in [3.8, 4) is 0 Å². The van der Waals surface area contributed by atoms with Crippen LogP contribution in [0.2, 0.25) is 0 Å². The number of imidazole rings is 1. The van der Waals surface area contributed by atoms with E-state index >= 15 is 0 Å². The molecule has 0 aliphatic rings. The van der Waals surface area contributed by atoms with E-state index in [1.54, 1.807) is 17.8 Å². The van der Waals surface area contributed by atoms with Gasteiger partial charge in [0.05, 0.1) is 0 Å². The highest BCUT2D eigenvalue weighted by Crippen LogP contribution is 2.17. The van der Waals surface area contributed by atoms with E-state index in [0.29, 0.717) is 11.0 Å². The van der Waals surface area contributed by atoms with E-state index in [1.807, 2.05) is 0 Å². The number of carbonyl (C=O) groups is 1. The second-order valence-electron chi connectivity index (χ2n) is 2.20. The Bertz CT molecular complexity index is 360. The number of hydrogen-bond acceptors (Lipinski definition) is 6. The van der Waals surface area contributed by atoms with Gasteiger partial charge in [-0.2, -0.15) is 0 Å². The molecule has 0 radical (unpaired) electrons. The zero-order valence-electron chi connectivity index (χ0n) is 6.80. The highest BCUT2D eigenvalue weighted by molar-refractivity contribution is 8.13. The maximum atomic E-state index is 11.3. The Morgan fingerprint density at radius 3 is 3.21 bits per heavy atom. The topological polar surface area (TPSA) is 83.6 Å². The molecule has 2 aromatic rings. The first-order valence-corrected chi connectivity index (χ1v) is 5.25. The van der Waals surface area contributed by atoms with Gasteiger partial charge in [0.2, 0.25) is 5.95 Å². The Morgan fingerprint density at radius 1 is 1.64 bits per heavy atom. The van der Waals surface area contributed by atoms with Crippen LogP contribution in [0.1, 0.15) is 0 Å². The molecule has 0 saturated heterocycles. The minimum absolute atomic E-state index is 0.243. The number of hydrogen-bond donors (Lipinski definition) is 2. The van der Waals surface area contributed by atoms with Gasteiger partial charge in [-0.3, -0.25) is 10.1 Å². The van der Waals surface area contributed by atoms with Crippen LogP contribution in [-0.2, 0) is 0 Å². The van der Waals surface area contributed by atoms with Crippen molar-refractivity contribution in [1.29, 1.82) is 0 Å². The van der Waals surface area contributed by atoms with E-state index in [4.69, 9.17) is 0 Å². The lowest BCUT2D eigenvalue weighted by molar-refractivity contribution is 0.269. The molecule has 8 heteroatoms. The molecule has 2 N–H and O–H groups in total. The zero-order chi connectivity index (χ0) is 9.80. The third kappa shape index (κ3) is 2.30. The van der Waals surface area contributed by atoms with Gasteiger partial charge in [-0.1, -0.05) is 4.49 Å². The maximum Gasteiger partial charge on any atom is 0.292 e. The van der Waals surface area contributed by atoms with E-state index in [1.165, 1.54) is 11.5 Å². The molecule has 0 atom stereocenters. The molecule has 0 bridgehead atoms. The van der Waals surface area contributed by atoms with Crippen molar-refractivity contribution in [3.63, 3.8) is 0 Å². The van der Waals surface area contributed by atoms with Crippen LogP contribution in [0, 0.1) is 0 Å². The average molecular weight is 227 g/mol. The summed E-state index contributed by atoms with van der Waals surface area (Å²) >= 11 is 2.18. The molecule has 2 aromatic heterocycles. The van der Waals surface area contributed by atoms with E-state index in [2.05, 4.69) is 24.9 Å². The van der Waals surface area contributed by atoms with Crippen molar-refractivity contribution < 1.29 is 4.79 Å². The van der Waals surface area contributed by atoms with Crippen LogP contribution in [-0.4, -0.2) is 24.8 Å². The second kappa shape index (κ2) is 4.20. The highest BCUT2D eigenvalue weighted by Gasteiger charge is 2.07. The summed E-state index contributed by atoms with van der Waals surface area (Å²) in [5, 5.41) is 8.32. The fraction of sp³-hybridized carbons (Fsp3) is 0. The molecular formula is C6H5N5OS2. The predicted molar refractivity (Wildman–Crippen MR) is 53.4 cm³/mol. The van der Waals surface area contributed by atoms with Gasteiger partial charge < -0.3 is 4.98 Å². The zero-order valence-corrected chi connectivity index (χ0v) is 8.43. The van der Waals surface area contributed by atoms with Crippen molar-refractivity contribution in [2.75, 3.05) is 5.32 Å². The molecule has 2 rings (SSSR count). The number of aromatic amines is 1. The highest BCUT2D eigenvalue weighted by atomic mass is 32.2. The minimum Gasteiger partial charge on any atom is -0.331 e. The monoisotopic (exact) mass is 227 g/mol. The van der Waals surface area contributed by atoms with Crippen molar-refractivity contribution in [2.24, 2.45) is 0 Å². The summed E-state index contributed by atoms with van der Waals surface area (Å²) in [4.78, 5) is 17.9. The number of thioether (sulfide) groups is 1. The fourth-order valence-corrected chi connectivity index (χ4v) is 1.86. The first kappa shape index (κ1) is 9.16. The number of nitrogens with zero attached hydrogens (tertiary/aromatic N) is 3. The summed E-state index contributed by atoms with van der Waals surface area (Å²) in [5.74, 6) is 0.422. The molecule has 0 aromatic carbocycles. The van der Waals surface area contributed by atoms with Crippen molar-refractivity contribution in [1.82, 2.24) is 19.6 Å². The first-order chi connectivity index (χ1) is 6.84. The minimum atomic E-state index is -0.243. The third-order valence-electron chi connectivity index (χ3n) is 1.26. The van der Waals surface area contributed by atoms with Gasteiger partial charge in [0.1, 0.15) is 5.03 Å². The molecule has 14 heavy (non-hydrogen) atoms. The number of nitrogens with one attached hydrogen (secondary N) is 2. The van der Waals surface area contributed by atoms with Gasteiger partial charge in [0.15, 0.2) is 0 Å². The van der Waals surface area contributed by atoms with Crippen LogP contribution < -0.4 is 5.32 Å². The van der Waals surface area contributed by atoms with Crippen molar-refractivity contribution >= 4 is 34.5 Å². The standard InChI is InChI=1S/C6H5N5OS2/c12-6(9-5-7-1-2-8-5)14-4-3-13-11-10-4/h1-3H,(H2,7,8,9,12). The van der Waals surface area contributed by atoms with Crippen LogP contribution in [0.5, 0.6) is 0 Å². The SMILES string of the molecule is O=C(Nc1ncc[nH]1)Sc1csnn1. The third-order valence-corrected chi connectivity index (χ3v) is 2.61. The number of aromatic nitrogens is 4. The van der Waals surface area contributed by atoms with Gasteiger partial charge >= 0.3 is 0 Å². The summed E-state index contributed by atoms with van der Waals surface area (Å²) in [6.45, 7) is 0. The maximum absolute atomic E-state index is 11.3. The molecule has 0 spiro atoms. The Labute approximate surface area is 87.3 Å². The predicted octanol–water partition coefficient (Wildman–Crippen LogP) is 1.59. The molecule has 0 fully saturated rings. The van der Waals surface area contributed by atoms with Crippen LogP contribution in [0.25, 0.3) is 0 Å². The van der Waals surface area contributed by atoms with E-state index < -0.39 is 0 Å². The second-order valence-corrected chi connectivity index (χ2v) is 3.80. The molecule has 72 valence electrons. The molecular weight excluding hydrogens is 222 g/mol. The normalized spacial score (nSPS) is 10.0. The summed E-state index contributed by atoms with van der Waals surface area (Å²) < 4.78 is 3.64. The molecule has 0 aliphatic carbocycles. The van der Waals surface area contributed by atoms with Gasteiger partial charge in [0, 0.05) is 17.8 Å². The van der Waals surface area contributed by atoms with Crippen molar-refractivity contribution in [3.05, 3.63) is 17.8 Å². The number of anilines is 1. The molecule has 1 amide bonds. The van der Waals surface area contributed by atoms with Crippen LogP contribution in [0.4, 0.5) is 10.7 Å². The number of amides is 1. The van der Waals surface area contributed by atoms with Gasteiger partial charge in [-0.25, -0.2) is 4.98 Å². The summed E-state index contributed by atoms with van der Waals surface area (Å²) in [6, 6.07) is 0. The summed E-state index contributed by atoms with van der Waals surface area (Å²) in [6.07, 6.45) is 3.19. The molecule has 2 heterocycles. The average Bonchev–Trinajstić information content (AvgIpc) is 2.76. The van der Waals surface area contributed by atoms with Crippen LogP contribution >= 0.6 is 23.3 Å². The van der Waals surface area contributed by atoms with Gasteiger partial charge in [-0.05, 0) is 23.3 Å².